The molecule has 0 bridgehead atoms. The SMILES string of the molecule is CC/C=C\C/C=C\C/C=C\C/C=C\C/C=C\C/C=C\CCCCCCCCCCCCCCC(=O)NC(COP(=O)(O)OCC[N+](C)(C)C)C(O)CCCCCCCCCCCCCCCCCCCCCCCCCCC. The summed E-state index contributed by atoms with van der Waals surface area (Å²) >= 11 is 0. The maximum atomic E-state index is 13.1. The first kappa shape index (κ1) is 75.9. The fourth-order valence-corrected chi connectivity index (χ4v) is 10.6. The molecule has 0 fully saturated rings. The highest BCUT2D eigenvalue weighted by atomic mass is 31.2. The number of phosphoric ester groups is 1. The molecule has 0 spiro atoms. The quantitative estimate of drug-likeness (QED) is 0.0243. The number of rotatable bonds is 61. The van der Waals surface area contributed by atoms with E-state index in [1.807, 2.05) is 21.1 Å². The minimum Gasteiger partial charge on any atom is -0.391 e. The third-order valence-electron chi connectivity index (χ3n) is 15.0. The summed E-state index contributed by atoms with van der Waals surface area (Å²) in [4.78, 5) is 23.4. The van der Waals surface area contributed by atoms with Crippen molar-refractivity contribution in [2.75, 3.05) is 40.9 Å². The molecule has 0 aromatic heterocycles. The van der Waals surface area contributed by atoms with Crippen LogP contribution in [-0.4, -0.2) is 73.4 Å². The van der Waals surface area contributed by atoms with E-state index >= 15 is 0 Å². The summed E-state index contributed by atoms with van der Waals surface area (Å²) in [6, 6.07) is -0.767. The Balaban J connectivity index is 4.09. The van der Waals surface area contributed by atoms with Gasteiger partial charge in [0.15, 0.2) is 0 Å². The van der Waals surface area contributed by atoms with Crippen LogP contribution in [0, 0.1) is 0 Å². The highest BCUT2D eigenvalue weighted by Crippen LogP contribution is 2.43. The first-order valence-electron chi connectivity index (χ1n) is 33.3. The summed E-state index contributed by atoms with van der Waals surface area (Å²) in [5.74, 6) is -0.145. The van der Waals surface area contributed by atoms with Gasteiger partial charge in [0.2, 0.25) is 5.91 Å². The second-order valence-corrected chi connectivity index (χ2v) is 25.3. The van der Waals surface area contributed by atoms with Crippen LogP contribution in [0.5, 0.6) is 0 Å². The van der Waals surface area contributed by atoms with Gasteiger partial charge in [-0.15, -0.1) is 0 Å². The van der Waals surface area contributed by atoms with Gasteiger partial charge < -0.3 is 19.8 Å². The molecule has 456 valence electrons. The molecule has 0 heterocycles. The normalized spacial score (nSPS) is 14.2. The number of hydrogen-bond acceptors (Lipinski definition) is 5. The van der Waals surface area contributed by atoms with E-state index in [0.29, 0.717) is 23.9 Å². The molecule has 0 aliphatic carbocycles. The van der Waals surface area contributed by atoms with Crippen LogP contribution in [0.2, 0.25) is 0 Å². The molecular formula is C69H130N2O6P+. The fourth-order valence-electron chi connectivity index (χ4n) is 9.82. The number of unbranched alkanes of at least 4 members (excludes halogenated alkanes) is 36. The van der Waals surface area contributed by atoms with Gasteiger partial charge in [-0.2, -0.15) is 0 Å². The Morgan fingerprint density at radius 2 is 0.769 bits per heavy atom. The van der Waals surface area contributed by atoms with Gasteiger partial charge >= 0.3 is 7.82 Å². The summed E-state index contributed by atoms with van der Waals surface area (Å²) in [5.41, 5.74) is 0. The van der Waals surface area contributed by atoms with Crippen LogP contribution in [0.3, 0.4) is 0 Å². The Kier molecular flexibility index (Phi) is 58.0. The zero-order chi connectivity index (χ0) is 57.0. The number of aliphatic hydroxyl groups is 1. The lowest BCUT2D eigenvalue weighted by Crippen LogP contribution is -2.46. The molecule has 9 heteroatoms. The van der Waals surface area contributed by atoms with Crippen LogP contribution < -0.4 is 5.32 Å². The summed E-state index contributed by atoms with van der Waals surface area (Å²) in [6.07, 6.45) is 82.7. The third-order valence-corrected chi connectivity index (χ3v) is 16.0. The van der Waals surface area contributed by atoms with Gasteiger partial charge in [0.1, 0.15) is 13.2 Å². The highest BCUT2D eigenvalue weighted by molar-refractivity contribution is 7.47. The summed E-state index contributed by atoms with van der Waals surface area (Å²) in [7, 11) is 1.62. The number of quaternary nitrogens is 1. The van der Waals surface area contributed by atoms with Gasteiger partial charge in [-0.3, -0.25) is 13.8 Å². The monoisotopic (exact) mass is 1110 g/mol. The largest absolute Gasteiger partial charge is 0.472 e. The molecule has 0 radical (unpaired) electrons. The molecule has 8 nitrogen and oxygen atoms in total. The number of carbonyl (C=O) groups is 1. The van der Waals surface area contributed by atoms with Crippen molar-refractivity contribution in [3.8, 4) is 0 Å². The Morgan fingerprint density at radius 1 is 0.449 bits per heavy atom. The van der Waals surface area contributed by atoms with Crippen LogP contribution in [0.1, 0.15) is 309 Å². The Morgan fingerprint density at radius 3 is 1.13 bits per heavy atom. The summed E-state index contributed by atoms with van der Waals surface area (Å²) in [6.45, 7) is 4.81. The van der Waals surface area contributed by atoms with Crippen LogP contribution in [0.4, 0.5) is 0 Å². The molecule has 0 aliphatic heterocycles. The predicted molar refractivity (Wildman–Crippen MR) is 341 cm³/mol. The molecule has 0 aromatic carbocycles. The van der Waals surface area contributed by atoms with Crippen LogP contribution in [0.15, 0.2) is 72.9 Å². The van der Waals surface area contributed by atoms with Crippen molar-refractivity contribution >= 4 is 13.7 Å². The first-order valence-corrected chi connectivity index (χ1v) is 34.8. The average Bonchev–Trinajstić information content (AvgIpc) is 3.41. The number of phosphoric acid groups is 1. The molecule has 3 unspecified atom stereocenters. The Hall–Kier alpha value is -2.06. The number of likely N-dealkylation sites (N-methyl/N-ethyl adjacent to an activating group) is 1. The lowest BCUT2D eigenvalue weighted by atomic mass is 10.0. The van der Waals surface area contributed by atoms with Crippen molar-refractivity contribution in [2.24, 2.45) is 0 Å². The average molecular weight is 1110 g/mol. The zero-order valence-corrected chi connectivity index (χ0v) is 53.0. The molecule has 0 rings (SSSR count). The molecule has 0 saturated carbocycles. The van der Waals surface area contributed by atoms with E-state index in [-0.39, 0.29) is 19.1 Å². The van der Waals surface area contributed by atoms with Crippen molar-refractivity contribution in [3.63, 3.8) is 0 Å². The van der Waals surface area contributed by atoms with Gasteiger partial charge in [0.05, 0.1) is 39.9 Å². The molecule has 0 saturated heterocycles. The second kappa shape index (κ2) is 59.6. The molecule has 1 amide bonds. The van der Waals surface area contributed by atoms with Crippen LogP contribution in [0.25, 0.3) is 0 Å². The van der Waals surface area contributed by atoms with E-state index in [4.69, 9.17) is 9.05 Å². The van der Waals surface area contributed by atoms with E-state index in [1.54, 1.807) is 0 Å². The van der Waals surface area contributed by atoms with Crippen molar-refractivity contribution in [1.82, 2.24) is 5.32 Å². The summed E-state index contributed by atoms with van der Waals surface area (Å²) < 4.78 is 23.9. The van der Waals surface area contributed by atoms with Crippen molar-refractivity contribution in [1.29, 1.82) is 0 Å². The Labute approximate surface area is 484 Å². The highest BCUT2D eigenvalue weighted by Gasteiger charge is 2.28. The minimum absolute atomic E-state index is 0.0727. The van der Waals surface area contributed by atoms with Crippen molar-refractivity contribution in [3.05, 3.63) is 72.9 Å². The molecule has 0 aromatic rings. The number of aliphatic hydroxyl groups excluding tert-OH is 1. The van der Waals surface area contributed by atoms with E-state index in [1.165, 1.54) is 205 Å². The van der Waals surface area contributed by atoms with Gasteiger partial charge in [-0.05, 0) is 64.2 Å². The Bertz CT molecular complexity index is 1500. The third kappa shape index (κ3) is 61.6. The number of hydrogen-bond donors (Lipinski definition) is 3. The van der Waals surface area contributed by atoms with Crippen molar-refractivity contribution < 1.29 is 32.9 Å². The topological polar surface area (TPSA) is 105 Å². The predicted octanol–water partition coefficient (Wildman–Crippen LogP) is 21.0. The maximum Gasteiger partial charge on any atom is 0.472 e. The van der Waals surface area contributed by atoms with Crippen LogP contribution in [-0.2, 0) is 18.4 Å². The van der Waals surface area contributed by atoms with Gasteiger partial charge in [-0.1, -0.05) is 311 Å². The lowest BCUT2D eigenvalue weighted by molar-refractivity contribution is -0.870. The smallest absolute Gasteiger partial charge is 0.391 e. The summed E-state index contributed by atoms with van der Waals surface area (Å²) in [5, 5.41) is 14.1. The van der Waals surface area contributed by atoms with Gasteiger partial charge in [-0.25, -0.2) is 4.57 Å². The maximum absolute atomic E-state index is 13.1. The van der Waals surface area contributed by atoms with Crippen molar-refractivity contribution in [2.45, 2.75) is 321 Å². The van der Waals surface area contributed by atoms with E-state index in [2.05, 4.69) is 92.1 Å². The number of nitrogens with zero attached hydrogens (tertiary/aromatic N) is 1. The molecule has 78 heavy (non-hydrogen) atoms. The second-order valence-electron chi connectivity index (χ2n) is 23.8. The van der Waals surface area contributed by atoms with Crippen LogP contribution >= 0.6 is 7.82 Å². The number of carbonyl (C=O) groups excluding carboxylic acids is 1. The van der Waals surface area contributed by atoms with Gasteiger partial charge in [0, 0.05) is 6.42 Å². The molecule has 0 aliphatic rings. The van der Waals surface area contributed by atoms with E-state index in [0.717, 1.165) is 77.0 Å². The minimum atomic E-state index is -4.33. The lowest BCUT2D eigenvalue weighted by Gasteiger charge is -2.26. The fraction of sp³-hybridized carbons (Fsp3) is 0.812. The number of allylic oxidation sites excluding steroid dienone is 12. The number of amides is 1. The zero-order valence-electron chi connectivity index (χ0n) is 52.2. The molecular weight excluding hydrogens is 984 g/mol. The first-order chi connectivity index (χ1) is 38.0. The van der Waals surface area contributed by atoms with E-state index in [9.17, 15) is 19.4 Å². The molecule has 3 N–H and O–H groups in total. The number of nitrogens with one attached hydrogen (secondary N) is 1. The molecule has 3 atom stereocenters. The van der Waals surface area contributed by atoms with Gasteiger partial charge in [0.25, 0.3) is 0 Å². The van der Waals surface area contributed by atoms with E-state index < -0.39 is 20.0 Å². The standard InChI is InChI=1S/C69H129N2O6P/c1-6-8-10-12-14-16-18-20-22-24-26-28-30-32-33-34-35-36-37-39-41-43-45-47-49-51-53-55-57-59-61-63-69(73)70-67(66-77-78(74,75)76-65-64-71(3,4)5)68(72)62-60-58-56-54-52-50-48-46-44-42-40-38-31-29-27-25-23-21-19-17-15-13-11-9-7-2/h8,10,14,16,20,22,26,28,32-33,35-36,67-68,72H,6-7,9,11-13,15,17-19,21,23-25,27,29-31,34,37-66H2,1-5H3,(H-,70,73,74,75)/p+1/b10-8-,16-14-,22-20-,28-26-,33-32-,36-35-.